The lowest BCUT2D eigenvalue weighted by Gasteiger charge is -2.22. The highest BCUT2D eigenvalue weighted by Crippen LogP contribution is 2.43. The van der Waals surface area contributed by atoms with Crippen LogP contribution in [0.1, 0.15) is 77.3 Å². The number of carbonyl (C=O) groups excluding carboxylic acids is 2. The average Bonchev–Trinajstić information content (AvgIpc) is 3.21. The Morgan fingerprint density at radius 2 is 1.12 bits per heavy atom. The van der Waals surface area contributed by atoms with Crippen molar-refractivity contribution in [3.8, 4) is 34.5 Å². The van der Waals surface area contributed by atoms with E-state index in [1.165, 1.54) is 12.1 Å². The minimum Gasteiger partial charge on any atom is -0.496 e. The van der Waals surface area contributed by atoms with Gasteiger partial charge in [0.25, 0.3) is 0 Å². The van der Waals surface area contributed by atoms with Gasteiger partial charge in [0, 0.05) is 16.8 Å². The summed E-state index contributed by atoms with van der Waals surface area (Å²) < 4.78 is 32.8. The highest BCUT2D eigenvalue weighted by Gasteiger charge is 2.24. The van der Waals surface area contributed by atoms with Crippen molar-refractivity contribution in [3.05, 3.63) is 91.9 Å². The van der Waals surface area contributed by atoms with Crippen LogP contribution in [0, 0.1) is 0 Å². The van der Waals surface area contributed by atoms with E-state index in [0.717, 1.165) is 40.4 Å². The Morgan fingerprint density at radius 1 is 0.678 bits per heavy atom. The van der Waals surface area contributed by atoms with Gasteiger partial charge in [-0.05, 0) is 99.2 Å². The molecule has 4 aromatic rings. The lowest BCUT2D eigenvalue weighted by atomic mass is 9.97. The van der Waals surface area contributed by atoms with Gasteiger partial charge >= 0.3 is 18.0 Å². The van der Waals surface area contributed by atoms with Gasteiger partial charge in [-0.25, -0.2) is 4.79 Å². The molecule has 2 atom stereocenters. The molecule has 16 heteroatoms. The summed E-state index contributed by atoms with van der Waals surface area (Å²) in [6, 6.07) is 17.1. The number of nitrogens with zero attached hydrogens (tertiary/aromatic N) is 1. The Morgan fingerprint density at radius 3 is 1.51 bits per heavy atom. The minimum absolute atomic E-state index is 0.136. The Hall–Kier alpha value is -4.75. The first-order valence-corrected chi connectivity index (χ1v) is 20.4. The summed E-state index contributed by atoms with van der Waals surface area (Å²) in [4.78, 5) is 36.2. The second-order valence-corrected chi connectivity index (χ2v) is 14.6. The van der Waals surface area contributed by atoms with Gasteiger partial charge in [-0.15, -0.1) is 0 Å². The molecule has 12 nitrogen and oxygen atoms in total. The van der Waals surface area contributed by atoms with E-state index in [1.54, 1.807) is 52.3 Å². The van der Waals surface area contributed by atoms with E-state index in [-0.39, 0.29) is 63.7 Å². The molecule has 0 aliphatic heterocycles. The first-order valence-electron chi connectivity index (χ1n) is 18.9. The molecule has 320 valence electrons. The zero-order valence-electron chi connectivity index (χ0n) is 34.3. The second-order valence-electron chi connectivity index (χ2n) is 13.0. The zero-order valence-corrected chi connectivity index (χ0v) is 37.3. The molecule has 0 heterocycles. The van der Waals surface area contributed by atoms with Gasteiger partial charge in [0.1, 0.15) is 36.1 Å². The van der Waals surface area contributed by atoms with Gasteiger partial charge in [0.2, 0.25) is 0 Å². The Kier molecular flexibility index (Phi) is 19.6. The van der Waals surface area contributed by atoms with E-state index in [2.05, 4.69) is 33.0 Å². The number of esters is 1. The second kappa shape index (κ2) is 23.7. The van der Waals surface area contributed by atoms with E-state index in [4.69, 9.17) is 79.9 Å². The summed E-state index contributed by atoms with van der Waals surface area (Å²) in [5.41, 5.74) is 2.83. The number of anilines is 2. The number of nitrogens with one attached hydrogen (secondary N) is 1. The molecule has 0 fully saturated rings. The van der Waals surface area contributed by atoms with Crippen molar-refractivity contribution in [2.24, 2.45) is 0 Å². The van der Waals surface area contributed by atoms with E-state index in [9.17, 15) is 14.4 Å². The smallest absolute Gasteiger partial charge is 0.414 e. The number of hydrogen-bond acceptors (Lipinski definition) is 10. The number of carboxylic acid groups (broad SMARTS) is 1. The van der Waals surface area contributed by atoms with E-state index < -0.39 is 18.0 Å². The summed E-state index contributed by atoms with van der Waals surface area (Å²) in [7, 11) is 3.26. The molecule has 0 bridgehead atoms. The minimum atomic E-state index is -0.978. The third-order valence-corrected chi connectivity index (χ3v) is 10.1. The number of hydrogen-bond donors (Lipinski definition) is 2. The number of methoxy groups -OCH3 is 2. The lowest BCUT2D eigenvalue weighted by molar-refractivity contribution is -0.141. The highest BCUT2D eigenvalue weighted by molar-refractivity contribution is 6.38. The number of amides is 1. The van der Waals surface area contributed by atoms with E-state index in [1.807, 2.05) is 24.3 Å². The van der Waals surface area contributed by atoms with Crippen molar-refractivity contribution in [3.63, 3.8) is 0 Å². The molecule has 4 aromatic carbocycles. The van der Waals surface area contributed by atoms with E-state index in [0.29, 0.717) is 28.9 Å². The zero-order chi connectivity index (χ0) is 43.8. The first kappa shape index (κ1) is 48.6. The van der Waals surface area contributed by atoms with E-state index >= 15 is 0 Å². The van der Waals surface area contributed by atoms with Crippen LogP contribution in [-0.2, 0) is 19.1 Å². The van der Waals surface area contributed by atoms with Crippen LogP contribution in [0.25, 0.3) is 0 Å². The van der Waals surface area contributed by atoms with Crippen molar-refractivity contribution in [1.82, 2.24) is 0 Å². The normalized spacial score (nSPS) is 11.6. The fourth-order valence-electron chi connectivity index (χ4n) is 5.53. The molecule has 2 unspecified atom stereocenters. The summed E-state index contributed by atoms with van der Waals surface area (Å²) in [5, 5.41) is 12.4. The number of rotatable bonds is 18. The maximum absolute atomic E-state index is 12.4. The monoisotopic (exact) mass is 894 g/mol. The summed E-state index contributed by atoms with van der Waals surface area (Å²) >= 11 is 25.5. The molecular formula is C43H50Cl4N2O10. The Bertz CT molecular complexity index is 2020. The standard InChI is InChI=1S/C24H29Cl2NO6.C19H21Cl2NO4/c1-6-15(4)18-13-17(9-10-21(18)30-5)33-23-19(25)11-16(12-20(23)26)27(24(29)32-8-3)14-22(28)31-7-2;1-4-11(2)14-9-13(5-6-17(14)25-3)26-19-15(20)7-12(8-16(19)21)22-10-18(23)24/h9-13,15H,6-8,14H2,1-5H3;5-9,11,22H,4,10H2,1-3H3,(H,23,24). The van der Waals surface area contributed by atoms with Crippen LogP contribution >= 0.6 is 46.4 Å². The molecule has 0 spiro atoms. The molecule has 1 amide bonds. The predicted molar refractivity (Wildman–Crippen MR) is 234 cm³/mol. The van der Waals surface area contributed by atoms with Gasteiger partial charge < -0.3 is 38.8 Å². The average molecular weight is 897 g/mol. The topological polar surface area (TPSA) is 142 Å². The molecule has 0 aromatic heterocycles. The van der Waals surface area contributed by atoms with Gasteiger partial charge in [-0.1, -0.05) is 74.1 Å². The molecule has 2 N–H and O–H groups in total. The fraction of sp³-hybridized carbons (Fsp3) is 0.372. The molecule has 0 aliphatic carbocycles. The van der Waals surface area contributed by atoms with Crippen LogP contribution in [0.4, 0.5) is 16.2 Å². The lowest BCUT2D eigenvalue weighted by Crippen LogP contribution is -2.37. The molecule has 0 saturated heterocycles. The Balaban J connectivity index is 0.000000324. The van der Waals surface area contributed by atoms with Crippen molar-refractivity contribution in [2.45, 2.75) is 66.2 Å². The molecule has 0 saturated carbocycles. The van der Waals surface area contributed by atoms with Gasteiger partial charge in [0.05, 0.1) is 53.2 Å². The number of ether oxygens (including phenoxy) is 6. The van der Waals surface area contributed by atoms with Crippen molar-refractivity contribution >= 4 is 75.8 Å². The third kappa shape index (κ3) is 13.9. The molecular weight excluding hydrogens is 846 g/mol. The SMILES string of the molecule is CCC(C)c1cc(Oc2c(Cl)cc(NCC(=O)O)cc2Cl)ccc1OC.CCOC(=O)CN(C(=O)OCC)c1cc(Cl)c(Oc2ccc(OC)c(C(C)CC)c2)c(Cl)c1. The Labute approximate surface area is 365 Å². The summed E-state index contributed by atoms with van der Waals surface area (Å²) in [5.74, 6) is 2.25. The van der Waals surface area contributed by atoms with Crippen LogP contribution in [-0.4, -0.2) is 63.7 Å². The van der Waals surface area contributed by atoms with Crippen molar-refractivity contribution in [2.75, 3.05) is 50.7 Å². The predicted octanol–water partition coefficient (Wildman–Crippen LogP) is 12.6. The van der Waals surface area contributed by atoms with Gasteiger partial charge in [-0.3, -0.25) is 14.5 Å². The highest BCUT2D eigenvalue weighted by atomic mass is 35.5. The first-order chi connectivity index (χ1) is 28.1. The summed E-state index contributed by atoms with van der Waals surface area (Å²) in [6.45, 7) is 11.5. The van der Waals surface area contributed by atoms with Gasteiger partial charge in [-0.2, -0.15) is 0 Å². The van der Waals surface area contributed by atoms with Crippen molar-refractivity contribution < 1.29 is 47.9 Å². The van der Waals surface area contributed by atoms with Crippen LogP contribution in [0.5, 0.6) is 34.5 Å². The maximum Gasteiger partial charge on any atom is 0.414 e. The number of aliphatic carboxylic acids is 1. The molecule has 4 rings (SSSR count). The number of benzene rings is 4. The van der Waals surface area contributed by atoms with Crippen LogP contribution < -0.4 is 29.2 Å². The van der Waals surface area contributed by atoms with Crippen molar-refractivity contribution in [1.29, 1.82) is 0 Å². The number of halogens is 4. The van der Waals surface area contributed by atoms with Gasteiger partial charge in [0.15, 0.2) is 11.5 Å². The van der Waals surface area contributed by atoms with Crippen LogP contribution in [0.2, 0.25) is 20.1 Å². The van der Waals surface area contributed by atoms with Crippen LogP contribution in [0.15, 0.2) is 60.7 Å². The molecule has 59 heavy (non-hydrogen) atoms. The summed E-state index contributed by atoms with van der Waals surface area (Å²) in [6.07, 6.45) is 1.17. The third-order valence-electron chi connectivity index (χ3n) is 8.95. The number of carboxylic acids is 1. The largest absolute Gasteiger partial charge is 0.496 e. The number of carbonyl (C=O) groups is 3. The molecule has 0 aliphatic rings. The van der Waals surface area contributed by atoms with Crippen LogP contribution in [0.3, 0.4) is 0 Å². The maximum atomic E-state index is 12.4. The fourth-order valence-corrected chi connectivity index (χ4v) is 6.65. The quantitative estimate of drug-likeness (QED) is 0.0922. The molecule has 0 radical (unpaired) electrons.